The number of carbonyl (C=O) groups is 4. The third-order valence-electron chi connectivity index (χ3n) is 5.33. The number of hydrogen-bond donors (Lipinski definition) is 4. The van der Waals surface area contributed by atoms with Crippen molar-refractivity contribution in [3.8, 4) is 0 Å². The Kier molecular flexibility index (Phi) is 12.0. The Morgan fingerprint density at radius 3 is 1.86 bits per heavy atom. The second-order valence-corrected chi connectivity index (χ2v) is 9.27. The molecule has 2 heterocycles. The lowest BCUT2D eigenvalue weighted by molar-refractivity contribution is -0.287. The molecule has 16 heteroatoms. The maximum Gasteiger partial charge on any atom is 0.303 e. The summed E-state index contributed by atoms with van der Waals surface area (Å²) in [5.41, 5.74) is -1.10. The van der Waals surface area contributed by atoms with Crippen molar-refractivity contribution in [3.63, 3.8) is 0 Å². The van der Waals surface area contributed by atoms with Crippen LogP contribution in [0.5, 0.6) is 0 Å². The van der Waals surface area contributed by atoms with Crippen LogP contribution < -0.4 is 4.72 Å². The molecule has 0 aliphatic carbocycles. The maximum absolute atomic E-state index is 11.9. The highest BCUT2D eigenvalue weighted by Gasteiger charge is 2.52. The first-order valence-electron chi connectivity index (χ1n) is 11.3. The SMILES string of the molecule is CO[C@H]1O[C@H](CNS[C@H]2O[C@H](COC(C)=O)[C@@H](OC(C)=O)[C@H](OC(C)=O)[C@@H]2OC(C)=O)[C@@H](O)[C@H](O)[C@H]1O. The molecule has 0 aromatic heterocycles. The lowest BCUT2D eigenvalue weighted by atomic mass is 9.99. The molecule has 212 valence electrons. The second kappa shape index (κ2) is 14.2. The first-order chi connectivity index (χ1) is 17.3. The summed E-state index contributed by atoms with van der Waals surface area (Å²) >= 11 is 0.846. The zero-order valence-electron chi connectivity index (χ0n) is 20.9. The van der Waals surface area contributed by atoms with E-state index in [0.717, 1.165) is 39.6 Å². The van der Waals surface area contributed by atoms with Crippen LogP contribution in [-0.4, -0.2) is 120 Å². The minimum Gasteiger partial charge on any atom is -0.463 e. The summed E-state index contributed by atoms with van der Waals surface area (Å²) in [6.45, 7) is 4.03. The van der Waals surface area contributed by atoms with Gasteiger partial charge in [-0.1, -0.05) is 0 Å². The predicted molar refractivity (Wildman–Crippen MR) is 121 cm³/mol. The summed E-state index contributed by atoms with van der Waals surface area (Å²) in [6, 6.07) is 0. The summed E-state index contributed by atoms with van der Waals surface area (Å²) in [5.74, 6) is -2.90. The van der Waals surface area contributed by atoms with Gasteiger partial charge in [0.25, 0.3) is 0 Å². The molecule has 2 aliphatic rings. The van der Waals surface area contributed by atoms with Crippen LogP contribution in [0.4, 0.5) is 0 Å². The fourth-order valence-corrected chi connectivity index (χ4v) is 4.74. The average Bonchev–Trinajstić information content (AvgIpc) is 2.80. The van der Waals surface area contributed by atoms with Gasteiger partial charge in [0.2, 0.25) is 0 Å². The average molecular weight is 556 g/mol. The molecule has 2 aliphatic heterocycles. The smallest absolute Gasteiger partial charge is 0.303 e. The van der Waals surface area contributed by atoms with Gasteiger partial charge >= 0.3 is 23.9 Å². The summed E-state index contributed by atoms with van der Waals surface area (Å²) in [4.78, 5) is 46.9. The van der Waals surface area contributed by atoms with Gasteiger partial charge < -0.3 is 48.5 Å². The Balaban J connectivity index is 2.24. The molecule has 0 aromatic carbocycles. The molecule has 0 spiro atoms. The standard InChI is InChI=1S/C21H33NO14S/c1-8(23)31-7-13-17(32-9(2)24)18(33-10(3)25)19(34-11(4)26)21(36-13)37-22-6-12-14(27)15(28)16(29)20(30-5)35-12/h12-22,27-29H,6-7H2,1-5H3/t12-,13-,14-,15+,16-,17-,18+,19+,20+,21-/m1/s1. The van der Waals surface area contributed by atoms with Crippen LogP contribution in [0.25, 0.3) is 0 Å². The number of aliphatic hydroxyl groups excluding tert-OH is 3. The summed E-state index contributed by atoms with van der Waals surface area (Å²) in [6.07, 6.45) is -11.7. The molecule has 4 N–H and O–H groups in total. The van der Waals surface area contributed by atoms with Crippen molar-refractivity contribution >= 4 is 35.8 Å². The number of ether oxygens (including phenoxy) is 7. The molecule has 2 fully saturated rings. The van der Waals surface area contributed by atoms with Gasteiger partial charge in [-0.15, -0.1) is 0 Å². The number of hydrogen-bond acceptors (Lipinski definition) is 16. The lowest BCUT2D eigenvalue weighted by Gasteiger charge is -2.44. The van der Waals surface area contributed by atoms with Crippen molar-refractivity contribution in [2.45, 2.75) is 88.3 Å². The highest BCUT2D eigenvalue weighted by atomic mass is 32.2. The van der Waals surface area contributed by atoms with Crippen molar-refractivity contribution in [2.75, 3.05) is 20.3 Å². The fraction of sp³-hybridized carbons (Fsp3) is 0.810. The van der Waals surface area contributed by atoms with E-state index in [2.05, 4.69) is 4.72 Å². The molecule has 2 rings (SSSR count). The second-order valence-electron chi connectivity index (χ2n) is 8.28. The van der Waals surface area contributed by atoms with E-state index < -0.39 is 84.4 Å². The summed E-state index contributed by atoms with van der Waals surface area (Å²) < 4.78 is 40.3. The normalized spacial score (nSPS) is 35.8. The number of carbonyl (C=O) groups excluding carboxylic acids is 4. The number of nitrogens with one attached hydrogen (secondary N) is 1. The van der Waals surface area contributed by atoms with Gasteiger partial charge in [-0.2, -0.15) is 0 Å². The Labute approximate surface area is 217 Å². The van der Waals surface area contributed by atoms with Gasteiger partial charge in [-0.3, -0.25) is 23.9 Å². The molecule has 15 nitrogen and oxygen atoms in total. The van der Waals surface area contributed by atoms with Crippen LogP contribution in [0.2, 0.25) is 0 Å². The minimum absolute atomic E-state index is 0.109. The molecule has 0 unspecified atom stereocenters. The molecule has 0 aromatic rings. The largest absolute Gasteiger partial charge is 0.463 e. The van der Waals surface area contributed by atoms with Crippen LogP contribution in [0, 0.1) is 0 Å². The van der Waals surface area contributed by atoms with E-state index in [1.165, 1.54) is 7.11 Å². The molecule has 0 radical (unpaired) electrons. The Bertz CT molecular complexity index is 812. The van der Waals surface area contributed by atoms with Crippen molar-refractivity contribution in [3.05, 3.63) is 0 Å². The number of methoxy groups -OCH3 is 1. The van der Waals surface area contributed by atoms with Crippen molar-refractivity contribution in [1.82, 2.24) is 4.72 Å². The summed E-state index contributed by atoms with van der Waals surface area (Å²) in [5, 5.41) is 30.2. The third kappa shape index (κ3) is 8.75. The molecule has 37 heavy (non-hydrogen) atoms. The molecule has 10 atom stereocenters. The van der Waals surface area contributed by atoms with Gasteiger partial charge in [0.05, 0.1) is 0 Å². The van der Waals surface area contributed by atoms with E-state index in [1.54, 1.807) is 0 Å². The molecular formula is C21H33NO14S. The van der Waals surface area contributed by atoms with Crippen LogP contribution in [0.3, 0.4) is 0 Å². The summed E-state index contributed by atoms with van der Waals surface area (Å²) in [7, 11) is 1.26. The quantitative estimate of drug-likeness (QED) is 0.128. The number of esters is 4. The molecular weight excluding hydrogens is 522 g/mol. The van der Waals surface area contributed by atoms with Crippen LogP contribution >= 0.6 is 11.9 Å². The van der Waals surface area contributed by atoms with Crippen molar-refractivity contribution in [2.24, 2.45) is 0 Å². The van der Waals surface area contributed by atoms with E-state index in [9.17, 15) is 34.5 Å². The number of aliphatic hydroxyl groups is 3. The highest BCUT2D eigenvalue weighted by molar-refractivity contribution is 7.97. The van der Waals surface area contributed by atoms with Gasteiger partial charge in [-0.25, -0.2) is 0 Å². The highest BCUT2D eigenvalue weighted by Crippen LogP contribution is 2.33. The monoisotopic (exact) mass is 555 g/mol. The number of rotatable bonds is 10. The van der Waals surface area contributed by atoms with E-state index in [-0.39, 0.29) is 13.2 Å². The minimum atomic E-state index is -1.54. The molecule has 0 saturated carbocycles. The maximum atomic E-state index is 11.9. The van der Waals surface area contributed by atoms with Crippen molar-refractivity contribution in [1.29, 1.82) is 0 Å². The van der Waals surface area contributed by atoms with Crippen LogP contribution in [-0.2, 0) is 52.3 Å². The zero-order valence-corrected chi connectivity index (χ0v) is 21.7. The molecule has 2 saturated heterocycles. The van der Waals surface area contributed by atoms with Gasteiger partial charge in [0.15, 0.2) is 30.0 Å². The van der Waals surface area contributed by atoms with Gasteiger partial charge in [0.1, 0.15) is 37.1 Å². The van der Waals surface area contributed by atoms with E-state index in [1.807, 2.05) is 0 Å². The van der Waals surface area contributed by atoms with E-state index in [4.69, 9.17) is 33.2 Å². The van der Waals surface area contributed by atoms with E-state index in [0.29, 0.717) is 0 Å². The van der Waals surface area contributed by atoms with E-state index >= 15 is 0 Å². The molecule has 0 bridgehead atoms. The topological polar surface area (TPSA) is 206 Å². The van der Waals surface area contributed by atoms with Crippen LogP contribution in [0.1, 0.15) is 27.7 Å². The first kappa shape index (κ1) is 31.2. The van der Waals surface area contributed by atoms with Crippen LogP contribution in [0.15, 0.2) is 0 Å². The molecule has 0 amide bonds. The first-order valence-corrected chi connectivity index (χ1v) is 12.1. The third-order valence-corrected chi connectivity index (χ3v) is 6.28. The Morgan fingerprint density at radius 1 is 0.757 bits per heavy atom. The van der Waals surface area contributed by atoms with Gasteiger partial charge in [-0.05, 0) is 11.9 Å². The Morgan fingerprint density at radius 2 is 1.32 bits per heavy atom. The Hall–Kier alpha value is -2.05. The predicted octanol–water partition coefficient (Wildman–Crippen LogP) is -2.24. The fourth-order valence-electron chi connectivity index (χ4n) is 3.78. The zero-order chi connectivity index (χ0) is 27.9. The van der Waals surface area contributed by atoms with Crippen molar-refractivity contribution < 1.29 is 67.7 Å². The lowest BCUT2D eigenvalue weighted by Crippen LogP contribution is -2.62. The van der Waals surface area contributed by atoms with Gasteiger partial charge in [0, 0.05) is 41.3 Å².